The standard InChI is InChI=1S/C27H51NO5/c1-6-7-8-9-13-16-19-33-28-26(2,3)20-22(21-27(28,4)5)23(25(31)32)17-14-11-10-12-15-18-24(29)30/h22-23H,6-21H2,1-5H3,(H,29,30)(H,31,32)/t23-/m0/s1. The van der Waals surface area contributed by atoms with Crippen molar-refractivity contribution in [2.45, 2.75) is 142 Å². The van der Waals surface area contributed by atoms with E-state index in [9.17, 15) is 14.7 Å². The molecule has 0 amide bonds. The Morgan fingerprint density at radius 1 is 0.848 bits per heavy atom. The van der Waals surface area contributed by atoms with Crippen LogP contribution in [0, 0.1) is 11.8 Å². The maximum absolute atomic E-state index is 12.2. The molecule has 0 radical (unpaired) electrons. The highest BCUT2D eigenvalue weighted by Crippen LogP contribution is 2.45. The number of hydrogen-bond donors (Lipinski definition) is 2. The van der Waals surface area contributed by atoms with Gasteiger partial charge in [0.15, 0.2) is 0 Å². The number of aliphatic carboxylic acids is 2. The van der Waals surface area contributed by atoms with Crippen LogP contribution in [0.1, 0.15) is 131 Å². The minimum atomic E-state index is -0.742. The van der Waals surface area contributed by atoms with E-state index < -0.39 is 11.9 Å². The van der Waals surface area contributed by atoms with Crippen molar-refractivity contribution in [3.05, 3.63) is 0 Å². The van der Waals surface area contributed by atoms with Crippen LogP contribution in [0.3, 0.4) is 0 Å². The number of unbranched alkanes of at least 4 members (excludes halogenated alkanes) is 9. The van der Waals surface area contributed by atoms with Crippen molar-refractivity contribution in [2.75, 3.05) is 6.61 Å². The van der Waals surface area contributed by atoms with Gasteiger partial charge in [-0.05, 0) is 65.7 Å². The highest BCUT2D eigenvalue weighted by Gasteiger charge is 2.49. The van der Waals surface area contributed by atoms with Crippen molar-refractivity contribution in [3.63, 3.8) is 0 Å². The second-order valence-electron chi connectivity index (χ2n) is 11.3. The molecular formula is C27H51NO5. The molecule has 0 aliphatic carbocycles. The molecule has 0 aromatic rings. The van der Waals surface area contributed by atoms with Gasteiger partial charge in [0.25, 0.3) is 0 Å². The van der Waals surface area contributed by atoms with Crippen LogP contribution < -0.4 is 0 Å². The highest BCUT2D eigenvalue weighted by atomic mass is 16.7. The lowest BCUT2D eigenvalue weighted by atomic mass is 9.69. The van der Waals surface area contributed by atoms with E-state index in [0.29, 0.717) is 12.8 Å². The molecule has 1 saturated heterocycles. The summed E-state index contributed by atoms with van der Waals surface area (Å²) >= 11 is 0. The van der Waals surface area contributed by atoms with E-state index in [0.717, 1.165) is 51.6 Å². The van der Waals surface area contributed by atoms with Crippen LogP contribution in [-0.2, 0) is 14.4 Å². The Morgan fingerprint density at radius 3 is 1.91 bits per heavy atom. The Labute approximate surface area is 202 Å². The molecular weight excluding hydrogens is 418 g/mol. The van der Waals surface area contributed by atoms with Crippen molar-refractivity contribution >= 4 is 11.9 Å². The molecule has 0 aromatic carbocycles. The largest absolute Gasteiger partial charge is 0.481 e. The predicted molar refractivity (Wildman–Crippen MR) is 133 cm³/mol. The quantitative estimate of drug-likeness (QED) is 0.209. The molecule has 1 aliphatic rings. The maximum atomic E-state index is 12.2. The topological polar surface area (TPSA) is 87.1 Å². The molecule has 0 saturated carbocycles. The average Bonchev–Trinajstić information content (AvgIpc) is 2.69. The van der Waals surface area contributed by atoms with Crippen LogP contribution >= 0.6 is 0 Å². The summed E-state index contributed by atoms with van der Waals surface area (Å²) in [6.07, 6.45) is 14.4. The molecule has 1 aliphatic heterocycles. The number of carbonyl (C=O) groups is 2. The third kappa shape index (κ3) is 11.2. The Hall–Kier alpha value is -1.14. The highest BCUT2D eigenvalue weighted by molar-refractivity contribution is 5.70. The molecule has 6 nitrogen and oxygen atoms in total. The van der Waals surface area contributed by atoms with Crippen LogP contribution in [0.25, 0.3) is 0 Å². The van der Waals surface area contributed by atoms with Crippen molar-refractivity contribution in [3.8, 4) is 0 Å². The number of hydrogen-bond acceptors (Lipinski definition) is 4. The van der Waals surface area contributed by atoms with Gasteiger partial charge in [0.05, 0.1) is 12.5 Å². The number of piperidine rings is 1. The monoisotopic (exact) mass is 469 g/mol. The predicted octanol–water partition coefficient (Wildman–Crippen LogP) is 7.06. The summed E-state index contributed by atoms with van der Waals surface area (Å²) in [6.45, 7) is 11.7. The summed E-state index contributed by atoms with van der Waals surface area (Å²) in [5, 5.41) is 20.9. The molecule has 194 valence electrons. The van der Waals surface area contributed by atoms with Gasteiger partial charge in [0.2, 0.25) is 0 Å². The van der Waals surface area contributed by atoms with Crippen LogP contribution in [0.15, 0.2) is 0 Å². The molecule has 1 heterocycles. The fraction of sp³-hybridized carbons (Fsp3) is 0.926. The summed E-state index contributed by atoms with van der Waals surface area (Å²) in [7, 11) is 0. The minimum Gasteiger partial charge on any atom is -0.481 e. The SMILES string of the molecule is CCCCCCCCON1C(C)(C)CC([C@H](CCCCCCCC(=O)O)C(=O)O)CC1(C)C. The number of carboxylic acids is 2. The Balaban J connectivity index is 2.54. The average molecular weight is 470 g/mol. The third-order valence-electron chi connectivity index (χ3n) is 7.13. The van der Waals surface area contributed by atoms with Crippen LogP contribution in [-0.4, -0.2) is 44.9 Å². The van der Waals surface area contributed by atoms with Gasteiger partial charge in [-0.25, -0.2) is 0 Å². The Bertz CT molecular complexity index is 557. The van der Waals surface area contributed by atoms with Crippen molar-refractivity contribution in [2.24, 2.45) is 11.8 Å². The van der Waals surface area contributed by atoms with Crippen LogP contribution in [0.5, 0.6) is 0 Å². The lowest BCUT2D eigenvalue weighted by Gasteiger charge is -2.54. The second-order valence-corrected chi connectivity index (χ2v) is 11.3. The smallest absolute Gasteiger partial charge is 0.306 e. The van der Waals surface area contributed by atoms with Gasteiger partial charge in [0.1, 0.15) is 0 Å². The first-order valence-electron chi connectivity index (χ1n) is 13.4. The Kier molecular flexibility index (Phi) is 13.6. The van der Waals surface area contributed by atoms with E-state index in [2.05, 4.69) is 39.7 Å². The fourth-order valence-electron chi connectivity index (χ4n) is 5.74. The van der Waals surface area contributed by atoms with Gasteiger partial charge >= 0.3 is 11.9 Å². The third-order valence-corrected chi connectivity index (χ3v) is 7.13. The molecule has 2 N–H and O–H groups in total. The molecule has 6 heteroatoms. The first kappa shape index (κ1) is 29.9. The normalized spacial score (nSPS) is 19.4. The molecule has 0 aromatic heterocycles. The van der Waals surface area contributed by atoms with E-state index in [-0.39, 0.29) is 29.3 Å². The summed E-state index contributed by atoms with van der Waals surface area (Å²) in [4.78, 5) is 29.1. The van der Waals surface area contributed by atoms with Gasteiger partial charge in [0, 0.05) is 17.5 Å². The van der Waals surface area contributed by atoms with Crippen LogP contribution in [0.4, 0.5) is 0 Å². The molecule has 33 heavy (non-hydrogen) atoms. The summed E-state index contributed by atoms with van der Waals surface area (Å²) < 4.78 is 0. The van der Waals surface area contributed by atoms with Gasteiger partial charge in [-0.15, -0.1) is 0 Å². The first-order chi connectivity index (χ1) is 15.5. The zero-order valence-corrected chi connectivity index (χ0v) is 22.0. The lowest BCUT2D eigenvalue weighted by molar-refractivity contribution is -0.290. The molecule has 0 bridgehead atoms. The zero-order valence-electron chi connectivity index (χ0n) is 22.0. The number of rotatable bonds is 18. The number of hydroxylamine groups is 2. The molecule has 0 unspecified atom stereocenters. The lowest BCUT2D eigenvalue weighted by Crippen LogP contribution is -2.61. The molecule has 1 rings (SSSR count). The summed E-state index contributed by atoms with van der Waals surface area (Å²) in [5.41, 5.74) is -0.418. The van der Waals surface area contributed by atoms with Crippen LogP contribution in [0.2, 0.25) is 0 Å². The van der Waals surface area contributed by atoms with Gasteiger partial charge in [-0.3, -0.25) is 14.4 Å². The van der Waals surface area contributed by atoms with Crippen molar-refractivity contribution < 1.29 is 24.6 Å². The zero-order chi connectivity index (χ0) is 24.9. The van der Waals surface area contributed by atoms with Gasteiger partial charge in [-0.2, -0.15) is 5.06 Å². The second kappa shape index (κ2) is 15.0. The fourth-order valence-corrected chi connectivity index (χ4v) is 5.74. The van der Waals surface area contributed by atoms with E-state index in [1.54, 1.807) is 0 Å². The van der Waals surface area contributed by atoms with Gasteiger partial charge < -0.3 is 10.2 Å². The summed E-state index contributed by atoms with van der Waals surface area (Å²) in [6, 6.07) is 0. The van der Waals surface area contributed by atoms with E-state index in [1.807, 2.05) is 0 Å². The van der Waals surface area contributed by atoms with E-state index >= 15 is 0 Å². The molecule has 0 spiro atoms. The summed E-state index contributed by atoms with van der Waals surface area (Å²) in [5.74, 6) is -1.62. The van der Waals surface area contributed by atoms with E-state index in [4.69, 9.17) is 9.94 Å². The van der Waals surface area contributed by atoms with Gasteiger partial charge in [-0.1, -0.05) is 64.7 Å². The molecule has 1 atom stereocenters. The minimum absolute atomic E-state index is 0.133. The first-order valence-corrected chi connectivity index (χ1v) is 13.4. The molecule has 1 fully saturated rings. The van der Waals surface area contributed by atoms with E-state index in [1.165, 1.54) is 32.1 Å². The maximum Gasteiger partial charge on any atom is 0.306 e. The van der Waals surface area contributed by atoms with Crippen molar-refractivity contribution in [1.82, 2.24) is 5.06 Å². The number of carboxylic acid groups (broad SMARTS) is 2. The Morgan fingerprint density at radius 2 is 1.36 bits per heavy atom. The van der Waals surface area contributed by atoms with Crippen molar-refractivity contribution in [1.29, 1.82) is 0 Å². The number of nitrogens with zero attached hydrogens (tertiary/aromatic N) is 1.